The Morgan fingerprint density at radius 3 is 2.11 bits per heavy atom. The first kappa shape index (κ1) is 18.0. The van der Waals surface area contributed by atoms with Gasteiger partial charge in [0, 0.05) is 17.7 Å². The Kier molecular flexibility index (Phi) is 8.49. The van der Waals surface area contributed by atoms with E-state index in [1.165, 1.54) is 0 Å². The van der Waals surface area contributed by atoms with Gasteiger partial charge < -0.3 is 0 Å². The summed E-state index contributed by atoms with van der Waals surface area (Å²) in [6.07, 6.45) is 1.76. The first-order valence-electron chi connectivity index (χ1n) is 6.94. The Hall–Kier alpha value is -1.02. The molecule has 0 aliphatic carbocycles. The Bertz CT molecular complexity index is 387. The maximum Gasteiger partial charge on any atom is 0.142 e. The summed E-state index contributed by atoms with van der Waals surface area (Å²) in [5.41, 5.74) is 1.24. The lowest BCUT2D eigenvalue weighted by molar-refractivity contribution is -0.117. The van der Waals surface area contributed by atoms with Crippen LogP contribution >= 0.6 is 12.2 Å². The summed E-state index contributed by atoms with van der Waals surface area (Å²) in [6, 6.07) is 9.82. The van der Waals surface area contributed by atoms with E-state index in [1.807, 2.05) is 44.2 Å². The van der Waals surface area contributed by atoms with E-state index in [0.29, 0.717) is 12.8 Å². The van der Waals surface area contributed by atoms with Crippen molar-refractivity contribution in [1.82, 2.24) is 0 Å². The average Bonchev–Trinajstić information content (AvgIpc) is 2.30. The molecule has 0 unspecified atom stereocenters. The van der Waals surface area contributed by atoms with Crippen molar-refractivity contribution in [2.75, 3.05) is 0 Å². The van der Waals surface area contributed by atoms with Crippen LogP contribution in [-0.2, 0) is 11.2 Å². The van der Waals surface area contributed by atoms with Crippen molar-refractivity contribution in [1.29, 1.82) is 0 Å². The summed E-state index contributed by atoms with van der Waals surface area (Å²) in [6.45, 7) is 10.4. The SMILES string of the molecule is CC.CC(C)(C)CC(=S)CC(=O)Cc1ccccc1. The summed E-state index contributed by atoms with van der Waals surface area (Å²) in [4.78, 5) is 12.7. The lowest BCUT2D eigenvalue weighted by Crippen LogP contribution is -2.15. The zero-order valence-corrected chi connectivity index (χ0v) is 13.6. The number of ketones is 1. The van der Waals surface area contributed by atoms with E-state index in [9.17, 15) is 4.79 Å². The van der Waals surface area contributed by atoms with E-state index in [2.05, 4.69) is 20.8 Å². The van der Waals surface area contributed by atoms with Gasteiger partial charge in [0.1, 0.15) is 5.78 Å². The first-order valence-corrected chi connectivity index (χ1v) is 7.35. The van der Waals surface area contributed by atoms with Gasteiger partial charge in [0.05, 0.1) is 0 Å². The molecule has 0 bridgehead atoms. The highest BCUT2D eigenvalue weighted by molar-refractivity contribution is 7.80. The van der Waals surface area contributed by atoms with Crippen molar-refractivity contribution in [3.05, 3.63) is 35.9 Å². The van der Waals surface area contributed by atoms with Crippen LogP contribution in [0.15, 0.2) is 30.3 Å². The van der Waals surface area contributed by atoms with Gasteiger partial charge in [0.25, 0.3) is 0 Å². The number of hydrogen-bond acceptors (Lipinski definition) is 2. The molecule has 0 fully saturated rings. The molecule has 106 valence electrons. The third kappa shape index (κ3) is 9.54. The van der Waals surface area contributed by atoms with Gasteiger partial charge in [0.2, 0.25) is 0 Å². The topological polar surface area (TPSA) is 17.1 Å². The fourth-order valence-corrected chi connectivity index (χ4v) is 2.35. The molecule has 1 rings (SSSR count). The molecule has 2 heteroatoms. The lowest BCUT2D eigenvalue weighted by atomic mass is 9.89. The van der Waals surface area contributed by atoms with E-state index >= 15 is 0 Å². The van der Waals surface area contributed by atoms with Gasteiger partial charge in [-0.25, -0.2) is 0 Å². The molecular weight excluding hydrogens is 252 g/mol. The predicted octanol–water partition coefficient (Wildman–Crippen LogP) is 5.02. The van der Waals surface area contributed by atoms with E-state index in [4.69, 9.17) is 12.2 Å². The van der Waals surface area contributed by atoms with Crippen LogP contribution in [-0.4, -0.2) is 10.6 Å². The summed E-state index contributed by atoms with van der Waals surface area (Å²) >= 11 is 5.27. The molecule has 0 radical (unpaired) electrons. The molecular formula is C17H26OS. The predicted molar refractivity (Wildman–Crippen MR) is 87.8 cm³/mol. The number of carbonyl (C=O) groups excluding carboxylic acids is 1. The molecule has 0 saturated carbocycles. The minimum Gasteiger partial charge on any atom is -0.299 e. The number of rotatable bonds is 5. The fourth-order valence-electron chi connectivity index (χ4n) is 1.76. The van der Waals surface area contributed by atoms with E-state index in [-0.39, 0.29) is 11.2 Å². The molecule has 1 nitrogen and oxygen atoms in total. The molecule has 0 N–H and O–H groups in total. The average molecular weight is 278 g/mol. The third-order valence-electron chi connectivity index (χ3n) is 2.37. The Morgan fingerprint density at radius 2 is 1.63 bits per heavy atom. The summed E-state index contributed by atoms with van der Waals surface area (Å²) in [5.74, 6) is 0.213. The van der Waals surface area contributed by atoms with Crippen LogP contribution in [0.4, 0.5) is 0 Å². The Morgan fingerprint density at radius 1 is 1.11 bits per heavy atom. The molecule has 0 atom stereocenters. The first-order chi connectivity index (χ1) is 8.87. The van der Waals surface area contributed by atoms with Gasteiger partial charge in [-0.3, -0.25) is 4.79 Å². The standard InChI is InChI=1S/C15H20OS.C2H6/c1-15(2,3)11-14(17)10-13(16)9-12-7-5-4-6-8-12;1-2/h4-8H,9-11H2,1-3H3;1-2H3. The molecule has 1 aromatic rings. The molecule has 0 aromatic heterocycles. The maximum absolute atomic E-state index is 11.8. The minimum absolute atomic E-state index is 0.171. The highest BCUT2D eigenvalue weighted by Crippen LogP contribution is 2.20. The highest BCUT2D eigenvalue weighted by atomic mass is 32.1. The Labute approximate surface area is 123 Å². The van der Waals surface area contributed by atoms with Gasteiger partial charge in [-0.05, 0) is 17.4 Å². The van der Waals surface area contributed by atoms with Crippen molar-refractivity contribution in [2.45, 2.75) is 53.9 Å². The second kappa shape index (κ2) is 8.98. The van der Waals surface area contributed by atoms with Crippen LogP contribution in [0.5, 0.6) is 0 Å². The second-order valence-electron chi connectivity index (χ2n) is 5.65. The summed E-state index contributed by atoms with van der Waals surface area (Å²) < 4.78 is 0. The third-order valence-corrected chi connectivity index (χ3v) is 2.65. The van der Waals surface area contributed by atoms with Gasteiger partial charge >= 0.3 is 0 Å². The number of Topliss-reactive ketones (excluding diaryl/α,β-unsaturated/α-hetero) is 1. The Balaban J connectivity index is 0.00000154. The largest absolute Gasteiger partial charge is 0.299 e. The van der Waals surface area contributed by atoms with Gasteiger partial charge in [-0.2, -0.15) is 0 Å². The van der Waals surface area contributed by atoms with Gasteiger partial charge in [-0.15, -0.1) is 0 Å². The monoisotopic (exact) mass is 278 g/mol. The lowest BCUT2D eigenvalue weighted by Gasteiger charge is -2.18. The van der Waals surface area contributed by atoms with Crippen LogP contribution in [0.25, 0.3) is 0 Å². The second-order valence-corrected chi connectivity index (χ2v) is 6.23. The van der Waals surface area contributed by atoms with E-state index in [0.717, 1.165) is 16.8 Å². The van der Waals surface area contributed by atoms with Crippen molar-refractivity contribution < 1.29 is 4.79 Å². The molecule has 1 aromatic carbocycles. The van der Waals surface area contributed by atoms with Crippen molar-refractivity contribution in [3.8, 4) is 0 Å². The molecule has 0 heterocycles. The van der Waals surface area contributed by atoms with Crippen LogP contribution in [0, 0.1) is 5.41 Å². The summed E-state index contributed by atoms with van der Waals surface area (Å²) in [7, 11) is 0. The van der Waals surface area contributed by atoms with Crippen LogP contribution < -0.4 is 0 Å². The summed E-state index contributed by atoms with van der Waals surface area (Å²) in [5, 5.41) is 0. The fraction of sp³-hybridized carbons (Fsp3) is 0.529. The quantitative estimate of drug-likeness (QED) is 0.703. The number of hydrogen-bond donors (Lipinski definition) is 0. The number of benzene rings is 1. The van der Waals surface area contributed by atoms with E-state index < -0.39 is 0 Å². The van der Waals surface area contributed by atoms with Gasteiger partial charge in [-0.1, -0.05) is 77.2 Å². The van der Waals surface area contributed by atoms with Crippen LogP contribution in [0.1, 0.15) is 53.0 Å². The number of carbonyl (C=O) groups is 1. The smallest absolute Gasteiger partial charge is 0.142 e. The van der Waals surface area contributed by atoms with Crippen molar-refractivity contribution in [2.24, 2.45) is 5.41 Å². The number of thiocarbonyl (C=S) groups is 1. The molecule has 0 saturated heterocycles. The minimum atomic E-state index is 0.171. The molecule has 0 aliphatic heterocycles. The molecule has 0 amide bonds. The molecule has 0 aliphatic rings. The van der Waals surface area contributed by atoms with Crippen molar-refractivity contribution >= 4 is 22.9 Å². The van der Waals surface area contributed by atoms with Crippen LogP contribution in [0.2, 0.25) is 0 Å². The molecule has 19 heavy (non-hydrogen) atoms. The van der Waals surface area contributed by atoms with Crippen LogP contribution in [0.3, 0.4) is 0 Å². The highest BCUT2D eigenvalue weighted by Gasteiger charge is 2.15. The molecule has 0 spiro atoms. The zero-order chi connectivity index (χ0) is 14.9. The maximum atomic E-state index is 11.8. The zero-order valence-electron chi connectivity index (χ0n) is 12.8. The normalized spacial score (nSPS) is 10.4. The van der Waals surface area contributed by atoms with E-state index in [1.54, 1.807) is 0 Å². The van der Waals surface area contributed by atoms with Gasteiger partial charge in [0.15, 0.2) is 0 Å². The van der Waals surface area contributed by atoms with Crippen molar-refractivity contribution in [3.63, 3.8) is 0 Å².